The number of sulfonamides is 1. The van der Waals surface area contributed by atoms with Crippen molar-refractivity contribution in [3.63, 3.8) is 0 Å². The Kier molecular flexibility index (Phi) is 4.50. The van der Waals surface area contributed by atoms with Gasteiger partial charge in [-0.25, -0.2) is 8.42 Å². The lowest BCUT2D eigenvalue weighted by Crippen LogP contribution is -2.26. The highest BCUT2D eigenvalue weighted by molar-refractivity contribution is 7.92. The van der Waals surface area contributed by atoms with E-state index in [1.54, 1.807) is 36.4 Å². The number of aliphatic hydroxyl groups is 1. The Hall–Kier alpha value is -2.05. The molecular weight excluding hydrogens is 290 g/mol. The van der Waals surface area contributed by atoms with Crippen LogP contribution in [0.15, 0.2) is 53.4 Å². The van der Waals surface area contributed by atoms with Crippen molar-refractivity contribution in [1.29, 1.82) is 0 Å². The van der Waals surface area contributed by atoms with Gasteiger partial charge in [0.2, 0.25) is 0 Å². The van der Waals surface area contributed by atoms with E-state index >= 15 is 0 Å². The van der Waals surface area contributed by atoms with Gasteiger partial charge >= 0.3 is 0 Å². The predicted molar refractivity (Wildman–Crippen MR) is 80.9 cm³/mol. The highest BCUT2D eigenvalue weighted by Gasteiger charge is 2.21. The van der Waals surface area contributed by atoms with Crippen LogP contribution in [0.4, 0.5) is 5.69 Å². The third-order valence-corrected chi connectivity index (χ3v) is 4.94. The van der Waals surface area contributed by atoms with E-state index < -0.39 is 10.0 Å². The number of hydrogen-bond acceptors (Lipinski definition) is 4. The van der Waals surface area contributed by atoms with E-state index in [9.17, 15) is 8.42 Å². The van der Waals surface area contributed by atoms with Gasteiger partial charge in [-0.1, -0.05) is 18.2 Å². The highest BCUT2D eigenvalue weighted by Crippen LogP contribution is 2.25. The zero-order valence-electron chi connectivity index (χ0n) is 11.9. The molecule has 2 rings (SSSR count). The molecule has 0 saturated carbocycles. The largest absolute Gasteiger partial charge is 0.497 e. The zero-order chi connectivity index (χ0) is 15.5. The van der Waals surface area contributed by atoms with Crippen molar-refractivity contribution in [3.05, 3.63) is 54.1 Å². The normalized spacial score (nSPS) is 11.2. The van der Waals surface area contributed by atoms with Crippen LogP contribution in [-0.4, -0.2) is 27.7 Å². The van der Waals surface area contributed by atoms with Crippen molar-refractivity contribution in [1.82, 2.24) is 0 Å². The molecule has 2 aromatic carbocycles. The molecule has 0 aliphatic carbocycles. The second-order valence-electron chi connectivity index (χ2n) is 4.48. The van der Waals surface area contributed by atoms with Gasteiger partial charge in [-0.2, -0.15) is 0 Å². The van der Waals surface area contributed by atoms with Crippen molar-refractivity contribution < 1.29 is 18.3 Å². The first-order valence-corrected chi connectivity index (χ1v) is 7.76. The Balaban J connectivity index is 2.42. The van der Waals surface area contributed by atoms with Crippen LogP contribution in [0, 0.1) is 0 Å². The van der Waals surface area contributed by atoms with Crippen LogP contribution in [-0.2, 0) is 16.6 Å². The molecule has 112 valence electrons. The first-order valence-electron chi connectivity index (χ1n) is 6.32. The Morgan fingerprint density at radius 2 is 1.86 bits per heavy atom. The topological polar surface area (TPSA) is 66.8 Å². The van der Waals surface area contributed by atoms with E-state index in [0.717, 1.165) is 0 Å². The molecule has 0 aliphatic heterocycles. The summed E-state index contributed by atoms with van der Waals surface area (Å²) in [5.74, 6) is 0.582. The Bertz CT molecular complexity index is 728. The van der Waals surface area contributed by atoms with Crippen LogP contribution in [0.5, 0.6) is 5.75 Å². The summed E-state index contributed by atoms with van der Waals surface area (Å²) in [7, 11) is -0.675. The minimum atomic E-state index is -3.68. The molecule has 0 heterocycles. The minimum Gasteiger partial charge on any atom is -0.497 e. The molecule has 0 saturated heterocycles. The van der Waals surface area contributed by atoms with Crippen molar-refractivity contribution >= 4 is 15.7 Å². The van der Waals surface area contributed by atoms with Crippen LogP contribution in [0.2, 0.25) is 0 Å². The standard InChI is InChI=1S/C15H17NO4S/c1-16(13-6-4-7-14(10-13)20-2)21(18,19)15-8-3-5-12(9-15)11-17/h3-10,17H,11H2,1-2H3. The van der Waals surface area contributed by atoms with E-state index in [2.05, 4.69) is 0 Å². The lowest BCUT2D eigenvalue weighted by Gasteiger charge is -2.20. The maximum atomic E-state index is 12.6. The van der Waals surface area contributed by atoms with Gasteiger partial charge in [0.05, 0.1) is 24.3 Å². The summed E-state index contributed by atoms with van der Waals surface area (Å²) in [6.45, 7) is -0.202. The van der Waals surface area contributed by atoms with Gasteiger partial charge in [0.25, 0.3) is 10.0 Å². The second-order valence-corrected chi connectivity index (χ2v) is 6.45. The zero-order valence-corrected chi connectivity index (χ0v) is 12.7. The maximum absolute atomic E-state index is 12.6. The smallest absolute Gasteiger partial charge is 0.264 e. The van der Waals surface area contributed by atoms with Gasteiger partial charge in [-0.05, 0) is 29.8 Å². The molecule has 0 bridgehead atoms. The summed E-state index contributed by atoms with van der Waals surface area (Å²) < 4.78 is 31.5. The van der Waals surface area contributed by atoms with Gasteiger partial charge in [0.1, 0.15) is 5.75 Å². The fourth-order valence-electron chi connectivity index (χ4n) is 1.91. The van der Waals surface area contributed by atoms with E-state index in [1.807, 2.05) is 0 Å². The monoisotopic (exact) mass is 307 g/mol. The first kappa shape index (κ1) is 15.3. The average molecular weight is 307 g/mol. The number of hydrogen-bond donors (Lipinski definition) is 1. The number of ether oxygens (including phenoxy) is 1. The van der Waals surface area contributed by atoms with Gasteiger partial charge < -0.3 is 9.84 Å². The van der Waals surface area contributed by atoms with Crippen LogP contribution in [0.1, 0.15) is 5.56 Å². The van der Waals surface area contributed by atoms with E-state index in [1.165, 1.54) is 30.6 Å². The molecule has 1 N–H and O–H groups in total. The second kappa shape index (κ2) is 6.15. The number of methoxy groups -OCH3 is 1. The molecule has 0 fully saturated rings. The molecule has 0 aromatic heterocycles. The number of benzene rings is 2. The molecule has 6 heteroatoms. The Morgan fingerprint density at radius 1 is 1.14 bits per heavy atom. The number of anilines is 1. The summed E-state index contributed by atoms with van der Waals surface area (Å²) >= 11 is 0. The molecule has 0 radical (unpaired) electrons. The number of rotatable bonds is 5. The lowest BCUT2D eigenvalue weighted by atomic mass is 10.2. The summed E-state index contributed by atoms with van der Waals surface area (Å²) in [6.07, 6.45) is 0. The summed E-state index contributed by atoms with van der Waals surface area (Å²) in [5.41, 5.74) is 1.05. The van der Waals surface area contributed by atoms with Gasteiger partial charge in [-0.15, -0.1) is 0 Å². The molecular formula is C15H17NO4S. The maximum Gasteiger partial charge on any atom is 0.264 e. The number of aliphatic hydroxyl groups excluding tert-OH is 1. The lowest BCUT2D eigenvalue weighted by molar-refractivity contribution is 0.281. The molecule has 5 nitrogen and oxygen atoms in total. The minimum absolute atomic E-state index is 0.138. The third kappa shape index (κ3) is 3.17. The van der Waals surface area contributed by atoms with E-state index in [0.29, 0.717) is 17.0 Å². The van der Waals surface area contributed by atoms with Crippen molar-refractivity contribution in [3.8, 4) is 5.75 Å². The average Bonchev–Trinajstić information content (AvgIpc) is 2.54. The summed E-state index contributed by atoms with van der Waals surface area (Å²) in [4.78, 5) is 0.138. The van der Waals surface area contributed by atoms with Gasteiger partial charge in [0, 0.05) is 13.1 Å². The van der Waals surface area contributed by atoms with Crippen molar-refractivity contribution in [2.24, 2.45) is 0 Å². The molecule has 0 atom stereocenters. The third-order valence-electron chi connectivity index (χ3n) is 3.16. The summed E-state index contributed by atoms with van der Waals surface area (Å²) in [5, 5.41) is 9.13. The molecule has 0 aliphatic rings. The van der Waals surface area contributed by atoms with Crippen LogP contribution < -0.4 is 9.04 Å². The number of nitrogens with zero attached hydrogens (tertiary/aromatic N) is 1. The SMILES string of the molecule is COc1cccc(N(C)S(=O)(=O)c2cccc(CO)c2)c1. The highest BCUT2D eigenvalue weighted by atomic mass is 32.2. The van der Waals surface area contributed by atoms with Crippen molar-refractivity contribution in [2.75, 3.05) is 18.5 Å². The van der Waals surface area contributed by atoms with Gasteiger partial charge in [-0.3, -0.25) is 4.31 Å². The Labute approximate surface area is 124 Å². The first-order chi connectivity index (χ1) is 9.98. The van der Waals surface area contributed by atoms with E-state index in [4.69, 9.17) is 9.84 Å². The fraction of sp³-hybridized carbons (Fsp3) is 0.200. The quantitative estimate of drug-likeness (QED) is 0.917. The molecule has 21 heavy (non-hydrogen) atoms. The van der Waals surface area contributed by atoms with Crippen LogP contribution in [0.3, 0.4) is 0 Å². The fourth-order valence-corrected chi connectivity index (χ4v) is 3.17. The van der Waals surface area contributed by atoms with Crippen LogP contribution >= 0.6 is 0 Å². The molecule has 0 unspecified atom stereocenters. The van der Waals surface area contributed by atoms with Crippen molar-refractivity contribution in [2.45, 2.75) is 11.5 Å². The summed E-state index contributed by atoms with van der Waals surface area (Å²) in [6, 6.07) is 13.1. The van der Waals surface area contributed by atoms with E-state index in [-0.39, 0.29) is 11.5 Å². The predicted octanol–water partition coefficient (Wildman–Crippen LogP) is 2.01. The molecule has 2 aromatic rings. The van der Waals surface area contributed by atoms with Crippen LogP contribution in [0.25, 0.3) is 0 Å². The Morgan fingerprint density at radius 3 is 2.52 bits per heavy atom. The molecule has 0 amide bonds. The van der Waals surface area contributed by atoms with Gasteiger partial charge in [0.15, 0.2) is 0 Å². The molecule has 0 spiro atoms.